The third-order valence-corrected chi connectivity index (χ3v) is 4.06. The Kier molecular flexibility index (Phi) is 6.29. The van der Waals surface area contributed by atoms with Gasteiger partial charge in [0.25, 0.3) is 0 Å². The van der Waals surface area contributed by atoms with Crippen molar-refractivity contribution in [3.8, 4) is 0 Å². The first-order valence-electron chi connectivity index (χ1n) is 8.63. The molecule has 0 radical (unpaired) electrons. The SMILES string of the molecule is O=C(N/N=C\c1ccccc1)[C@H]([NH2+]Cc1ccccc1)c1ccccc1. The van der Waals surface area contributed by atoms with Crippen molar-refractivity contribution in [2.75, 3.05) is 0 Å². The van der Waals surface area contributed by atoms with Crippen molar-refractivity contribution in [3.63, 3.8) is 0 Å². The molecule has 0 spiro atoms. The van der Waals surface area contributed by atoms with Crippen LogP contribution in [0.4, 0.5) is 0 Å². The molecule has 0 aliphatic heterocycles. The Morgan fingerprint density at radius 2 is 1.46 bits per heavy atom. The van der Waals surface area contributed by atoms with E-state index in [1.807, 2.05) is 84.2 Å². The standard InChI is InChI=1S/C22H21N3O/c26-22(25-24-17-19-12-6-2-7-13-19)21(20-14-8-3-9-15-20)23-16-18-10-4-1-5-11-18/h1-15,17,21,23H,16H2,(H,25,26)/p+1/b24-17-/t21-/m1/s1. The number of nitrogens with one attached hydrogen (secondary N) is 1. The molecule has 3 N–H and O–H groups in total. The molecular weight excluding hydrogens is 322 g/mol. The number of carbonyl (C=O) groups excluding carboxylic acids is 1. The van der Waals surface area contributed by atoms with Gasteiger partial charge in [0.2, 0.25) is 0 Å². The van der Waals surface area contributed by atoms with Crippen LogP contribution in [-0.2, 0) is 11.3 Å². The fourth-order valence-corrected chi connectivity index (χ4v) is 2.70. The van der Waals surface area contributed by atoms with Crippen LogP contribution >= 0.6 is 0 Å². The third kappa shape index (κ3) is 5.13. The van der Waals surface area contributed by atoms with Gasteiger partial charge in [-0.3, -0.25) is 4.79 Å². The molecule has 26 heavy (non-hydrogen) atoms. The van der Waals surface area contributed by atoms with Gasteiger partial charge in [-0.05, 0) is 5.56 Å². The predicted octanol–water partition coefficient (Wildman–Crippen LogP) is 2.64. The molecule has 4 nitrogen and oxygen atoms in total. The first kappa shape index (κ1) is 17.6. The Hall–Kier alpha value is -3.24. The van der Waals surface area contributed by atoms with E-state index in [1.54, 1.807) is 6.21 Å². The van der Waals surface area contributed by atoms with Gasteiger partial charge in [0.05, 0.1) is 6.21 Å². The number of rotatable bonds is 7. The molecular formula is C22H22N3O+. The lowest BCUT2D eigenvalue weighted by atomic mass is 10.1. The van der Waals surface area contributed by atoms with Gasteiger partial charge < -0.3 is 5.32 Å². The quantitative estimate of drug-likeness (QED) is 0.502. The number of hydrogen-bond donors (Lipinski definition) is 2. The number of quaternary nitrogens is 1. The third-order valence-electron chi connectivity index (χ3n) is 4.06. The normalized spacial score (nSPS) is 12.0. The fraction of sp³-hybridized carbons (Fsp3) is 0.0909. The number of hydrazone groups is 1. The van der Waals surface area contributed by atoms with Crippen LogP contribution in [0.5, 0.6) is 0 Å². The predicted molar refractivity (Wildman–Crippen MR) is 103 cm³/mol. The number of amides is 1. The van der Waals surface area contributed by atoms with Crippen molar-refractivity contribution >= 4 is 12.1 Å². The van der Waals surface area contributed by atoms with E-state index in [-0.39, 0.29) is 11.9 Å². The number of nitrogens with zero attached hydrogens (tertiary/aromatic N) is 1. The van der Waals surface area contributed by atoms with Gasteiger partial charge in [0.15, 0.2) is 6.04 Å². The summed E-state index contributed by atoms with van der Waals surface area (Å²) in [5.74, 6) is -0.140. The van der Waals surface area contributed by atoms with E-state index >= 15 is 0 Å². The molecule has 0 saturated carbocycles. The monoisotopic (exact) mass is 344 g/mol. The smallest absolute Gasteiger partial charge is 0.303 e. The molecule has 3 rings (SSSR count). The van der Waals surface area contributed by atoms with E-state index < -0.39 is 0 Å². The van der Waals surface area contributed by atoms with Gasteiger partial charge >= 0.3 is 5.91 Å². The lowest BCUT2D eigenvalue weighted by Crippen LogP contribution is -2.86. The summed E-state index contributed by atoms with van der Waals surface area (Å²) in [6, 6.07) is 29.2. The van der Waals surface area contributed by atoms with Crippen LogP contribution < -0.4 is 10.7 Å². The molecule has 0 unspecified atom stereocenters. The summed E-state index contributed by atoms with van der Waals surface area (Å²) in [5, 5.41) is 6.12. The highest BCUT2D eigenvalue weighted by molar-refractivity contribution is 5.84. The minimum Gasteiger partial charge on any atom is -0.328 e. The van der Waals surface area contributed by atoms with Crippen LogP contribution in [0.1, 0.15) is 22.7 Å². The van der Waals surface area contributed by atoms with Gasteiger partial charge in [-0.1, -0.05) is 91.0 Å². The maximum atomic E-state index is 12.7. The highest BCUT2D eigenvalue weighted by atomic mass is 16.2. The van der Waals surface area contributed by atoms with Gasteiger partial charge in [0.1, 0.15) is 6.54 Å². The molecule has 0 aromatic heterocycles. The lowest BCUT2D eigenvalue weighted by molar-refractivity contribution is -0.698. The van der Waals surface area contributed by atoms with E-state index in [0.29, 0.717) is 0 Å². The van der Waals surface area contributed by atoms with Crippen molar-refractivity contribution in [1.82, 2.24) is 5.43 Å². The fourth-order valence-electron chi connectivity index (χ4n) is 2.70. The Bertz CT molecular complexity index is 833. The Morgan fingerprint density at radius 1 is 0.885 bits per heavy atom. The number of nitrogens with two attached hydrogens (primary N) is 1. The topological polar surface area (TPSA) is 58.1 Å². The van der Waals surface area contributed by atoms with Crippen LogP contribution in [0.25, 0.3) is 0 Å². The summed E-state index contributed by atoms with van der Waals surface area (Å²) in [7, 11) is 0. The molecule has 1 amide bonds. The van der Waals surface area contributed by atoms with Crippen molar-refractivity contribution in [2.24, 2.45) is 5.10 Å². The van der Waals surface area contributed by atoms with Crippen molar-refractivity contribution in [3.05, 3.63) is 108 Å². The van der Waals surface area contributed by atoms with E-state index in [9.17, 15) is 4.79 Å². The first-order valence-corrected chi connectivity index (χ1v) is 8.63. The molecule has 0 aliphatic rings. The second-order valence-electron chi connectivity index (χ2n) is 5.96. The maximum Gasteiger partial charge on any atom is 0.303 e. The second-order valence-corrected chi connectivity index (χ2v) is 5.96. The molecule has 0 saturated heterocycles. The second kappa shape index (κ2) is 9.30. The first-order chi connectivity index (χ1) is 12.8. The molecule has 3 aromatic rings. The highest BCUT2D eigenvalue weighted by Crippen LogP contribution is 2.09. The van der Waals surface area contributed by atoms with Gasteiger partial charge in [-0.15, -0.1) is 0 Å². The number of carbonyl (C=O) groups is 1. The minimum absolute atomic E-state index is 0.140. The zero-order valence-electron chi connectivity index (χ0n) is 14.5. The summed E-state index contributed by atoms with van der Waals surface area (Å²) >= 11 is 0. The van der Waals surface area contributed by atoms with Crippen LogP contribution in [0, 0.1) is 0 Å². The average molecular weight is 344 g/mol. The van der Waals surface area contributed by atoms with Crippen molar-refractivity contribution in [2.45, 2.75) is 12.6 Å². The largest absolute Gasteiger partial charge is 0.328 e. The molecule has 4 heteroatoms. The molecule has 130 valence electrons. The molecule has 0 heterocycles. The Morgan fingerprint density at radius 3 is 2.12 bits per heavy atom. The molecule has 1 atom stereocenters. The molecule has 0 aliphatic carbocycles. The van der Waals surface area contributed by atoms with E-state index in [1.165, 1.54) is 5.56 Å². The summed E-state index contributed by atoms with van der Waals surface area (Å²) < 4.78 is 0. The zero-order valence-corrected chi connectivity index (χ0v) is 14.5. The summed E-state index contributed by atoms with van der Waals surface area (Å²) in [5.41, 5.74) is 5.74. The van der Waals surface area contributed by atoms with Gasteiger partial charge in [-0.2, -0.15) is 5.10 Å². The number of benzene rings is 3. The van der Waals surface area contributed by atoms with Crippen molar-refractivity contribution < 1.29 is 10.1 Å². The lowest BCUT2D eigenvalue weighted by Gasteiger charge is -2.14. The number of hydrogen-bond acceptors (Lipinski definition) is 2. The zero-order chi connectivity index (χ0) is 18.0. The summed E-state index contributed by atoms with van der Waals surface area (Å²) in [6.45, 7) is 0.718. The molecule has 0 bridgehead atoms. The minimum atomic E-state index is -0.357. The van der Waals surface area contributed by atoms with E-state index in [0.717, 1.165) is 17.7 Å². The average Bonchev–Trinajstić information content (AvgIpc) is 2.70. The highest BCUT2D eigenvalue weighted by Gasteiger charge is 2.23. The van der Waals surface area contributed by atoms with Crippen LogP contribution in [0.3, 0.4) is 0 Å². The van der Waals surface area contributed by atoms with Gasteiger partial charge in [-0.25, -0.2) is 5.43 Å². The van der Waals surface area contributed by atoms with Crippen LogP contribution in [0.2, 0.25) is 0 Å². The molecule has 3 aromatic carbocycles. The summed E-state index contributed by atoms with van der Waals surface area (Å²) in [4.78, 5) is 12.7. The Labute approximate surface area is 153 Å². The van der Waals surface area contributed by atoms with Gasteiger partial charge in [0, 0.05) is 11.1 Å². The maximum absolute atomic E-state index is 12.7. The van der Waals surface area contributed by atoms with Crippen LogP contribution in [-0.4, -0.2) is 12.1 Å². The van der Waals surface area contributed by atoms with Crippen LogP contribution in [0.15, 0.2) is 96.1 Å². The van der Waals surface area contributed by atoms with Crippen molar-refractivity contribution in [1.29, 1.82) is 0 Å². The van der Waals surface area contributed by atoms with E-state index in [4.69, 9.17) is 0 Å². The summed E-state index contributed by atoms with van der Waals surface area (Å²) in [6.07, 6.45) is 1.65. The Balaban J connectivity index is 1.68. The molecule has 0 fully saturated rings. The van der Waals surface area contributed by atoms with E-state index in [2.05, 4.69) is 22.7 Å².